The molecule has 0 aliphatic carbocycles. The topological polar surface area (TPSA) is 125 Å². The molecular formula is C30H46BrN3O7. The van der Waals surface area contributed by atoms with Gasteiger partial charge in [0.05, 0.1) is 24.5 Å². The van der Waals surface area contributed by atoms with Gasteiger partial charge in [-0.25, -0.2) is 0 Å². The van der Waals surface area contributed by atoms with Crippen LogP contribution < -0.4 is 5.32 Å². The zero-order valence-corrected chi connectivity index (χ0v) is 26.0. The highest BCUT2D eigenvalue weighted by atomic mass is 79.9. The smallest absolute Gasteiger partial charge is 0.312 e. The number of carbonyl (C=O) groups is 4. The minimum Gasteiger partial charge on any atom is -0.460 e. The number of carbonyl (C=O) groups excluding carboxylic acids is 4. The Bertz CT molecular complexity index is 978. The molecule has 7 atom stereocenters. The molecule has 230 valence electrons. The fraction of sp³-hybridized carbons (Fsp3) is 0.733. The zero-order valence-electron chi connectivity index (χ0n) is 24.4. The number of rotatable bonds is 18. The minimum atomic E-state index is -1.15. The van der Waals surface area contributed by atoms with E-state index in [2.05, 4.69) is 41.3 Å². The number of alkyl halides is 1. The Morgan fingerprint density at radius 2 is 2.02 bits per heavy atom. The molecule has 1 spiro atoms. The molecule has 3 aliphatic rings. The number of amides is 3. The van der Waals surface area contributed by atoms with Crippen molar-refractivity contribution >= 4 is 39.6 Å². The summed E-state index contributed by atoms with van der Waals surface area (Å²) in [7, 11) is 0. The van der Waals surface area contributed by atoms with Crippen LogP contribution >= 0.6 is 15.9 Å². The van der Waals surface area contributed by atoms with E-state index in [9.17, 15) is 24.3 Å². The van der Waals surface area contributed by atoms with Gasteiger partial charge >= 0.3 is 5.97 Å². The van der Waals surface area contributed by atoms with Crippen molar-refractivity contribution in [3.8, 4) is 0 Å². The van der Waals surface area contributed by atoms with Crippen molar-refractivity contribution in [2.24, 2.45) is 11.8 Å². The third kappa shape index (κ3) is 7.22. The van der Waals surface area contributed by atoms with Crippen LogP contribution in [-0.2, 0) is 28.7 Å². The molecule has 3 heterocycles. The third-order valence-corrected chi connectivity index (χ3v) is 9.12. The van der Waals surface area contributed by atoms with Crippen LogP contribution in [0.2, 0.25) is 0 Å². The van der Waals surface area contributed by atoms with Crippen LogP contribution in [0.15, 0.2) is 25.3 Å². The van der Waals surface area contributed by atoms with E-state index in [-0.39, 0.29) is 35.7 Å². The molecule has 2 N–H and O–H groups in total. The molecule has 3 rings (SSSR count). The predicted octanol–water partition coefficient (Wildman–Crippen LogP) is 2.73. The molecule has 1 unspecified atom stereocenters. The molecular weight excluding hydrogens is 594 g/mol. The van der Waals surface area contributed by atoms with Gasteiger partial charge in [-0.3, -0.25) is 19.2 Å². The molecule has 2 bridgehead atoms. The molecule has 3 saturated heterocycles. The van der Waals surface area contributed by atoms with Crippen LogP contribution in [0.4, 0.5) is 0 Å². The number of likely N-dealkylation sites (tertiary alicyclic amines) is 1. The second-order valence-electron chi connectivity index (χ2n) is 11.3. The molecule has 0 saturated carbocycles. The Labute approximate surface area is 252 Å². The predicted molar refractivity (Wildman–Crippen MR) is 158 cm³/mol. The number of nitrogens with one attached hydrogen (secondary N) is 1. The molecule has 0 aromatic rings. The largest absolute Gasteiger partial charge is 0.460 e. The second-order valence-corrected chi connectivity index (χ2v) is 12.5. The fourth-order valence-electron chi connectivity index (χ4n) is 6.36. The summed E-state index contributed by atoms with van der Waals surface area (Å²) in [6.07, 6.45) is 7.06. The summed E-state index contributed by atoms with van der Waals surface area (Å²) in [6, 6.07) is -0.865. The SMILES string of the molecule is C=CCCC(=O)NC[C@H](C)OC(=O)[C@@H]1[C@H]2O[C@@]3(CC2Br)[C@H](C(=O)N(CC=C)CCCC)N(CCCCCO)C(=O)[C@@H]13. The van der Waals surface area contributed by atoms with E-state index in [1.165, 1.54) is 0 Å². The molecule has 0 radical (unpaired) electrons. The number of nitrogens with zero attached hydrogens (tertiary/aromatic N) is 2. The number of fused-ring (bicyclic) bond motifs is 1. The van der Waals surface area contributed by atoms with Crippen molar-refractivity contribution < 1.29 is 33.8 Å². The van der Waals surface area contributed by atoms with Gasteiger partial charge in [0.15, 0.2) is 0 Å². The monoisotopic (exact) mass is 639 g/mol. The number of esters is 1. The van der Waals surface area contributed by atoms with Crippen LogP contribution in [-0.4, -0.2) is 100 Å². The van der Waals surface area contributed by atoms with Crippen molar-refractivity contribution in [3.63, 3.8) is 0 Å². The number of allylic oxidation sites excluding steroid dienone is 1. The quantitative estimate of drug-likeness (QED) is 0.102. The number of aliphatic hydroxyl groups excluding tert-OH is 1. The van der Waals surface area contributed by atoms with Gasteiger partial charge in [0.25, 0.3) is 0 Å². The Kier molecular flexibility index (Phi) is 12.4. The highest BCUT2D eigenvalue weighted by molar-refractivity contribution is 9.09. The van der Waals surface area contributed by atoms with Gasteiger partial charge in [-0.2, -0.15) is 0 Å². The Morgan fingerprint density at radius 1 is 1.27 bits per heavy atom. The van der Waals surface area contributed by atoms with Crippen molar-refractivity contribution in [2.75, 3.05) is 32.8 Å². The average molecular weight is 641 g/mol. The van der Waals surface area contributed by atoms with E-state index >= 15 is 0 Å². The molecule has 3 amide bonds. The van der Waals surface area contributed by atoms with Gasteiger partial charge in [0.1, 0.15) is 17.7 Å². The van der Waals surface area contributed by atoms with Gasteiger partial charge in [-0.05, 0) is 45.4 Å². The second kappa shape index (κ2) is 15.3. The maximum Gasteiger partial charge on any atom is 0.312 e. The molecule has 11 heteroatoms. The van der Waals surface area contributed by atoms with Gasteiger partial charge in [-0.15, -0.1) is 13.2 Å². The number of aliphatic hydroxyl groups is 1. The van der Waals surface area contributed by atoms with Gasteiger partial charge < -0.3 is 29.7 Å². The lowest BCUT2D eigenvalue weighted by Crippen LogP contribution is -2.57. The van der Waals surface area contributed by atoms with Crippen LogP contribution in [0.3, 0.4) is 0 Å². The first kappa shape index (κ1) is 33.3. The molecule has 41 heavy (non-hydrogen) atoms. The lowest BCUT2D eigenvalue weighted by Gasteiger charge is -2.37. The van der Waals surface area contributed by atoms with E-state index in [1.54, 1.807) is 28.9 Å². The summed E-state index contributed by atoms with van der Waals surface area (Å²) in [4.78, 5) is 57.0. The van der Waals surface area contributed by atoms with Crippen LogP contribution in [0.1, 0.15) is 65.2 Å². The third-order valence-electron chi connectivity index (χ3n) is 8.27. The van der Waals surface area contributed by atoms with E-state index < -0.39 is 41.7 Å². The number of hydrogen-bond acceptors (Lipinski definition) is 7. The highest BCUT2D eigenvalue weighted by Gasteiger charge is 2.77. The van der Waals surface area contributed by atoms with Crippen molar-refractivity contribution in [1.82, 2.24) is 15.1 Å². The first-order valence-electron chi connectivity index (χ1n) is 14.9. The summed E-state index contributed by atoms with van der Waals surface area (Å²) in [5, 5.41) is 12.0. The van der Waals surface area contributed by atoms with E-state index in [4.69, 9.17) is 9.47 Å². The van der Waals surface area contributed by atoms with Crippen LogP contribution in [0.5, 0.6) is 0 Å². The number of ether oxygens (including phenoxy) is 2. The van der Waals surface area contributed by atoms with Gasteiger partial charge in [0.2, 0.25) is 17.7 Å². The first-order chi connectivity index (χ1) is 19.7. The maximum absolute atomic E-state index is 14.2. The van der Waals surface area contributed by atoms with Gasteiger partial charge in [0, 0.05) is 37.5 Å². The average Bonchev–Trinajstić information content (AvgIpc) is 3.54. The lowest BCUT2D eigenvalue weighted by atomic mass is 9.70. The lowest BCUT2D eigenvalue weighted by molar-refractivity contribution is -0.159. The molecule has 3 fully saturated rings. The van der Waals surface area contributed by atoms with E-state index in [0.29, 0.717) is 58.2 Å². The summed E-state index contributed by atoms with van der Waals surface area (Å²) >= 11 is 3.68. The van der Waals surface area contributed by atoms with Crippen LogP contribution in [0.25, 0.3) is 0 Å². The maximum atomic E-state index is 14.2. The normalized spacial score (nSPS) is 28.7. The molecule has 10 nitrogen and oxygen atoms in total. The highest BCUT2D eigenvalue weighted by Crippen LogP contribution is 2.60. The van der Waals surface area contributed by atoms with Crippen molar-refractivity contribution in [2.45, 2.75) is 93.9 Å². The minimum absolute atomic E-state index is 0.0594. The Balaban J connectivity index is 1.86. The molecule has 3 aliphatic heterocycles. The summed E-state index contributed by atoms with van der Waals surface area (Å²) in [6.45, 7) is 12.6. The Morgan fingerprint density at radius 3 is 2.68 bits per heavy atom. The first-order valence-corrected chi connectivity index (χ1v) is 15.8. The van der Waals surface area contributed by atoms with Crippen molar-refractivity contribution in [1.29, 1.82) is 0 Å². The van der Waals surface area contributed by atoms with E-state index in [0.717, 1.165) is 12.8 Å². The van der Waals surface area contributed by atoms with Crippen LogP contribution in [0, 0.1) is 11.8 Å². The summed E-state index contributed by atoms with van der Waals surface area (Å²) in [5.74, 6) is -2.90. The van der Waals surface area contributed by atoms with Crippen molar-refractivity contribution in [3.05, 3.63) is 25.3 Å². The number of halogens is 1. The van der Waals surface area contributed by atoms with E-state index in [1.807, 2.05) is 0 Å². The Hall–Kier alpha value is -2.24. The number of hydrogen-bond donors (Lipinski definition) is 2. The molecule has 0 aromatic heterocycles. The summed E-state index contributed by atoms with van der Waals surface area (Å²) in [5.41, 5.74) is -1.15. The molecule has 0 aromatic carbocycles. The van der Waals surface area contributed by atoms with Gasteiger partial charge in [-0.1, -0.05) is 41.4 Å². The zero-order chi connectivity index (χ0) is 30.2. The number of unbranched alkanes of at least 4 members (excludes halogenated alkanes) is 3. The standard InChI is InChI=1S/C30H46BrN3O7/c1-5-8-13-22(36)32-19-20(4)40-29(39)23-24-27(37)34(16-11-10-12-17-35)26(30(24)18-21(31)25(23)41-30)28(38)33(14-7-3)15-9-6-2/h5,7,20-21,23-26,35H,1,3,6,8-19H2,2,4H3,(H,32,36)/t20-,21?,23-,24+,25-,26-,30+/m0/s1. The fourth-order valence-corrected chi connectivity index (χ4v) is 7.30. The summed E-state index contributed by atoms with van der Waals surface area (Å²) < 4.78 is 12.3.